The largest absolute Gasteiger partial charge is 0.390 e. The van der Waals surface area contributed by atoms with Crippen LogP contribution in [0.25, 0.3) is 0 Å². The first kappa shape index (κ1) is 18.2. The molecule has 0 saturated heterocycles. The van der Waals surface area contributed by atoms with Crippen molar-refractivity contribution < 1.29 is 5.11 Å². The van der Waals surface area contributed by atoms with E-state index < -0.39 is 5.60 Å². The third-order valence-electron chi connectivity index (χ3n) is 4.34. The Bertz CT molecular complexity index is 346. The summed E-state index contributed by atoms with van der Waals surface area (Å²) in [5.74, 6) is 0. The predicted octanol–water partition coefficient (Wildman–Crippen LogP) is 5.90. The number of rotatable bonds is 12. The molecule has 1 atom stereocenters. The van der Waals surface area contributed by atoms with E-state index in [0.717, 1.165) is 32.1 Å². The zero-order valence-electron chi connectivity index (χ0n) is 14.1. The fourth-order valence-corrected chi connectivity index (χ4v) is 3.15. The van der Waals surface area contributed by atoms with E-state index in [1.54, 1.807) is 0 Å². The van der Waals surface area contributed by atoms with Gasteiger partial charge in [-0.05, 0) is 18.4 Å². The summed E-state index contributed by atoms with van der Waals surface area (Å²) >= 11 is 0. The minimum Gasteiger partial charge on any atom is -0.390 e. The van der Waals surface area contributed by atoms with Crippen molar-refractivity contribution in [3.8, 4) is 0 Å². The van der Waals surface area contributed by atoms with E-state index >= 15 is 0 Å². The summed E-state index contributed by atoms with van der Waals surface area (Å²) in [4.78, 5) is 0. The quantitative estimate of drug-likeness (QED) is 0.475. The Morgan fingerprint density at radius 3 is 2.00 bits per heavy atom. The van der Waals surface area contributed by atoms with Gasteiger partial charge in [0.05, 0.1) is 5.60 Å². The predicted molar refractivity (Wildman–Crippen MR) is 92.6 cm³/mol. The molecule has 1 aromatic rings. The average Bonchev–Trinajstić information content (AvgIpc) is 2.47. The molecule has 0 amide bonds. The van der Waals surface area contributed by atoms with E-state index in [-0.39, 0.29) is 0 Å². The van der Waals surface area contributed by atoms with Gasteiger partial charge in [0.15, 0.2) is 0 Å². The molecule has 1 heteroatoms. The molecule has 0 spiro atoms. The summed E-state index contributed by atoms with van der Waals surface area (Å²) < 4.78 is 0. The fourth-order valence-electron chi connectivity index (χ4n) is 3.15. The van der Waals surface area contributed by atoms with Crippen LogP contribution in [0.15, 0.2) is 30.3 Å². The Morgan fingerprint density at radius 2 is 1.38 bits per heavy atom. The minimum atomic E-state index is -0.500. The van der Waals surface area contributed by atoms with Crippen molar-refractivity contribution in [3.63, 3.8) is 0 Å². The standard InChI is InChI=1S/C20H34O/c1-3-5-6-7-8-9-13-17-20(21,16-4-2)18-19-14-11-10-12-15-19/h10-12,14-15,21H,3-9,13,16-18H2,1-2H3. The zero-order chi connectivity index (χ0) is 15.4. The first-order chi connectivity index (χ1) is 10.2. The molecule has 0 bridgehead atoms. The topological polar surface area (TPSA) is 20.2 Å². The molecule has 1 N–H and O–H groups in total. The lowest BCUT2D eigenvalue weighted by molar-refractivity contribution is 0.0198. The molecule has 21 heavy (non-hydrogen) atoms. The second-order valence-electron chi connectivity index (χ2n) is 6.51. The van der Waals surface area contributed by atoms with Crippen LogP contribution in [0.4, 0.5) is 0 Å². The van der Waals surface area contributed by atoms with Crippen molar-refractivity contribution >= 4 is 0 Å². The minimum absolute atomic E-state index is 0.500. The Morgan fingerprint density at radius 1 is 0.762 bits per heavy atom. The number of aliphatic hydroxyl groups is 1. The third kappa shape index (κ3) is 8.26. The van der Waals surface area contributed by atoms with Crippen LogP contribution in [0, 0.1) is 0 Å². The monoisotopic (exact) mass is 290 g/mol. The summed E-state index contributed by atoms with van der Waals surface area (Å²) in [6.45, 7) is 4.43. The van der Waals surface area contributed by atoms with Crippen LogP contribution < -0.4 is 0 Å². The molecule has 120 valence electrons. The van der Waals surface area contributed by atoms with Crippen LogP contribution in [0.3, 0.4) is 0 Å². The Balaban J connectivity index is 2.31. The van der Waals surface area contributed by atoms with Gasteiger partial charge in [-0.1, -0.05) is 95.5 Å². The Hall–Kier alpha value is -0.820. The second-order valence-corrected chi connectivity index (χ2v) is 6.51. The van der Waals surface area contributed by atoms with Gasteiger partial charge in [0.2, 0.25) is 0 Å². The van der Waals surface area contributed by atoms with Crippen molar-refractivity contribution in [2.75, 3.05) is 0 Å². The van der Waals surface area contributed by atoms with E-state index in [9.17, 15) is 5.11 Å². The van der Waals surface area contributed by atoms with Crippen molar-refractivity contribution in [1.29, 1.82) is 0 Å². The lowest BCUT2D eigenvalue weighted by atomic mass is 9.85. The van der Waals surface area contributed by atoms with Gasteiger partial charge < -0.3 is 5.11 Å². The summed E-state index contributed by atoms with van der Waals surface area (Å²) in [5, 5.41) is 10.9. The Labute approximate surface area is 131 Å². The average molecular weight is 290 g/mol. The van der Waals surface area contributed by atoms with Crippen LogP contribution in [0.5, 0.6) is 0 Å². The van der Waals surface area contributed by atoms with Gasteiger partial charge in [0.25, 0.3) is 0 Å². The highest BCUT2D eigenvalue weighted by Crippen LogP contribution is 2.26. The highest BCUT2D eigenvalue weighted by molar-refractivity contribution is 5.17. The molecule has 0 saturated carbocycles. The van der Waals surface area contributed by atoms with Crippen LogP contribution in [-0.4, -0.2) is 10.7 Å². The summed E-state index contributed by atoms with van der Waals surface area (Å²) in [6.07, 6.45) is 12.9. The third-order valence-corrected chi connectivity index (χ3v) is 4.34. The first-order valence-corrected chi connectivity index (χ1v) is 8.96. The maximum atomic E-state index is 10.9. The van der Waals surface area contributed by atoms with Crippen molar-refractivity contribution in [3.05, 3.63) is 35.9 Å². The number of hydrogen-bond donors (Lipinski definition) is 1. The molecule has 1 unspecified atom stereocenters. The molecule has 0 aromatic heterocycles. The van der Waals surface area contributed by atoms with E-state index in [4.69, 9.17) is 0 Å². The van der Waals surface area contributed by atoms with Crippen LogP contribution in [-0.2, 0) is 6.42 Å². The van der Waals surface area contributed by atoms with Crippen molar-refractivity contribution in [2.24, 2.45) is 0 Å². The van der Waals surface area contributed by atoms with Crippen molar-refractivity contribution in [1.82, 2.24) is 0 Å². The number of benzene rings is 1. The number of unbranched alkanes of at least 4 members (excludes halogenated alkanes) is 6. The van der Waals surface area contributed by atoms with Crippen molar-refractivity contribution in [2.45, 2.75) is 90.1 Å². The lowest BCUT2D eigenvalue weighted by Crippen LogP contribution is -2.31. The summed E-state index contributed by atoms with van der Waals surface area (Å²) in [7, 11) is 0. The lowest BCUT2D eigenvalue weighted by Gasteiger charge is -2.28. The molecule has 0 fully saturated rings. The molecule has 0 heterocycles. The van der Waals surface area contributed by atoms with E-state index in [0.29, 0.717) is 0 Å². The molecule has 0 aliphatic rings. The van der Waals surface area contributed by atoms with Gasteiger partial charge in [0, 0.05) is 6.42 Å². The SMILES string of the molecule is CCCCCCCCCC(O)(CCC)Cc1ccccc1. The molecular weight excluding hydrogens is 256 g/mol. The van der Waals surface area contributed by atoms with Crippen LogP contribution >= 0.6 is 0 Å². The van der Waals surface area contributed by atoms with E-state index in [2.05, 4.69) is 38.1 Å². The zero-order valence-corrected chi connectivity index (χ0v) is 14.1. The van der Waals surface area contributed by atoms with Crippen LogP contribution in [0.2, 0.25) is 0 Å². The molecule has 0 aliphatic heterocycles. The Kier molecular flexibility index (Phi) is 9.41. The molecule has 0 radical (unpaired) electrons. The summed E-state index contributed by atoms with van der Waals surface area (Å²) in [5.41, 5.74) is 0.760. The highest BCUT2D eigenvalue weighted by atomic mass is 16.3. The highest BCUT2D eigenvalue weighted by Gasteiger charge is 2.25. The molecular formula is C20H34O. The number of hydrogen-bond acceptors (Lipinski definition) is 1. The molecule has 0 aliphatic carbocycles. The van der Waals surface area contributed by atoms with Gasteiger partial charge >= 0.3 is 0 Å². The van der Waals surface area contributed by atoms with Gasteiger partial charge in [0.1, 0.15) is 0 Å². The van der Waals surface area contributed by atoms with Gasteiger partial charge in [-0.2, -0.15) is 0 Å². The maximum absolute atomic E-state index is 10.9. The van der Waals surface area contributed by atoms with Gasteiger partial charge in [-0.15, -0.1) is 0 Å². The second kappa shape index (κ2) is 10.8. The first-order valence-electron chi connectivity index (χ1n) is 8.96. The van der Waals surface area contributed by atoms with Gasteiger partial charge in [-0.25, -0.2) is 0 Å². The maximum Gasteiger partial charge on any atom is 0.0687 e. The van der Waals surface area contributed by atoms with E-state index in [1.165, 1.54) is 44.1 Å². The van der Waals surface area contributed by atoms with E-state index in [1.807, 2.05) is 6.07 Å². The van der Waals surface area contributed by atoms with Gasteiger partial charge in [-0.3, -0.25) is 0 Å². The summed E-state index contributed by atoms with van der Waals surface area (Å²) in [6, 6.07) is 10.4. The molecule has 1 rings (SSSR count). The fraction of sp³-hybridized carbons (Fsp3) is 0.700. The normalized spacial score (nSPS) is 14.0. The van der Waals surface area contributed by atoms with Crippen LogP contribution in [0.1, 0.15) is 83.6 Å². The molecule has 1 aromatic carbocycles. The molecule has 1 nitrogen and oxygen atoms in total. The smallest absolute Gasteiger partial charge is 0.0687 e.